The van der Waals surface area contributed by atoms with E-state index in [2.05, 4.69) is 11.1 Å². The quantitative estimate of drug-likeness (QED) is 0.560. The molecule has 2 aromatic carbocycles. The maximum absolute atomic E-state index is 13.1. The lowest BCUT2D eigenvalue weighted by Gasteiger charge is -2.29. The maximum Gasteiger partial charge on any atom is 0.266 e. The average molecular weight is 468 g/mol. The van der Waals surface area contributed by atoms with Crippen LogP contribution in [0.1, 0.15) is 11.1 Å². The molecule has 1 aromatic heterocycles. The summed E-state index contributed by atoms with van der Waals surface area (Å²) in [5.41, 5.74) is 4.75. The van der Waals surface area contributed by atoms with E-state index in [1.165, 1.54) is 4.90 Å². The number of ether oxygens (including phenoxy) is 1. The molecule has 0 N–H and O–H groups in total. The number of aryl methyl sites for hydroxylation is 1. The maximum atomic E-state index is 13.1. The minimum absolute atomic E-state index is 0.0994. The van der Waals surface area contributed by atoms with Crippen molar-refractivity contribution < 1.29 is 14.3 Å². The number of rotatable bonds is 3. The summed E-state index contributed by atoms with van der Waals surface area (Å²) in [6, 6.07) is 13.0. The number of amides is 2. The minimum atomic E-state index is -0.305. The smallest absolute Gasteiger partial charge is 0.266 e. The van der Waals surface area contributed by atoms with Crippen LogP contribution in [0.15, 0.2) is 48.7 Å². The van der Waals surface area contributed by atoms with Crippen molar-refractivity contribution in [2.45, 2.75) is 13.3 Å². The fourth-order valence-corrected chi connectivity index (χ4v) is 4.66. The molecule has 0 aliphatic carbocycles. The van der Waals surface area contributed by atoms with E-state index < -0.39 is 0 Å². The molecule has 6 nitrogen and oxygen atoms in total. The molecule has 8 heteroatoms. The van der Waals surface area contributed by atoms with Crippen LogP contribution in [-0.2, 0) is 16.0 Å². The molecule has 0 spiro atoms. The minimum Gasteiger partial charge on any atom is -0.480 e. The zero-order chi connectivity index (χ0) is 22.4. The van der Waals surface area contributed by atoms with Crippen LogP contribution in [0.5, 0.6) is 5.75 Å². The summed E-state index contributed by atoms with van der Waals surface area (Å²) in [7, 11) is 0. The van der Waals surface area contributed by atoms with Crippen molar-refractivity contribution in [3.05, 3.63) is 69.8 Å². The lowest BCUT2D eigenvalue weighted by molar-refractivity contribution is -0.124. The summed E-state index contributed by atoms with van der Waals surface area (Å²) >= 11 is 12.2. The summed E-state index contributed by atoms with van der Waals surface area (Å²) < 4.78 is 5.62. The van der Waals surface area contributed by atoms with Gasteiger partial charge in [-0.3, -0.25) is 14.5 Å². The Kier molecular flexibility index (Phi) is 5.27. The molecule has 0 unspecified atom stereocenters. The molecule has 162 valence electrons. The predicted octanol–water partition coefficient (Wildman–Crippen LogP) is 4.68. The second-order valence-corrected chi connectivity index (χ2v) is 8.77. The molecular weight excluding hydrogens is 449 g/mol. The Morgan fingerprint density at radius 1 is 1.09 bits per heavy atom. The van der Waals surface area contributed by atoms with E-state index in [9.17, 15) is 9.59 Å². The molecule has 0 saturated heterocycles. The standard InChI is InChI=1S/C24H19Cl2N3O3/c1-14-2-3-20-15(6-14)4-5-28(20)22(30)12-29-23(31)13-32-21-9-17(11-27-24(21)29)16-7-18(25)10-19(26)8-16/h2-3,6-11H,4-5,12-13H2,1H3. The van der Waals surface area contributed by atoms with Gasteiger partial charge in [-0.1, -0.05) is 40.9 Å². The number of carbonyl (C=O) groups excluding carboxylic acids is 2. The number of halogens is 2. The Morgan fingerprint density at radius 2 is 1.88 bits per heavy atom. The second kappa shape index (κ2) is 8.11. The van der Waals surface area contributed by atoms with Crippen LogP contribution >= 0.6 is 23.2 Å². The number of hydrogen-bond donors (Lipinski definition) is 0. The number of anilines is 2. The van der Waals surface area contributed by atoms with Gasteiger partial charge in [-0.25, -0.2) is 4.98 Å². The lowest BCUT2D eigenvalue weighted by atomic mass is 10.1. The van der Waals surface area contributed by atoms with E-state index >= 15 is 0 Å². The first-order valence-corrected chi connectivity index (χ1v) is 10.9. The summed E-state index contributed by atoms with van der Waals surface area (Å²) in [5.74, 6) is 0.305. The third kappa shape index (κ3) is 3.80. The highest BCUT2D eigenvalue weighted by Gasteiger charge is 2.32. The molecule has 3 aromatic rings. The predicted molar refractivity (Wildman–Crippen MR) is 125 cm³/mol. The van der Waals surface area contributed by atoms with Gasteiger partial charge in [0.2, 0.25) is 5.91 Å². The van der Waals surface area contributed by atoms with Crippen molar-refractivity contribution in [3.8, 4) is 16.9 Å². The number of carbonyl (C=O) groups is 2. The van der Waals surface area contributed by atoms with Gasteiger partial charge in [-0.05, 0) is 54.8 Å². The Hall–Kier alpha value is -3.09. The number of pyridine rings is 1. The van der Waals surface area contributed by atoms with Crippen molar-refractivity contribution in [2.24, 2.45) is 0 Å². The molecule has 2 amide bonds. The highest BCUT2D eigenvalue weighted by atomic mass is 35.5. The zero-order valence-corrected chi connectivity index (χ0v) is 18.8. The summed E-state index contributed by atoms with van der Waals surface area (Å²) in [4.78, 5) is 33.3. The topological polar surface area (TPSA) is 62.7 Å². The zero-order valence-electron chi connectivity index (χ0n) is 17.3. The van der Waals surface area contributed by atoms with Crippen LogP contribution < -0.4 is 14.5 Å². The largest absolute Gasteiger partial charge is 0.480 e. The van der Waals surface area contributed by atoms with Crippen LogP contribution in [0.25, 0.3) is 11.1 Å². The molecule has 32 heavy (non-hydrogen) atoms. The van der Waals surface area contributed by atoms with E-state index in [-0.39, 0.29) is 25.0 Å². The Bertz CT molecular complexity index is 1240. The average Bonchev–Trinajstić information content (AvgIpc) is 3.17. The van der Waals surface area contributed by atoms with Crippen molar-refractivity contribution >= 4 is 46.5 Å². The Labute approximate surface area is 195 Å². The number of aromatic nitrogens is 1. The summed E-state index contributed by atoms with van der Waals surface area (Å²) in [6.07, 6.45) is 2.42. The number of benzene rings is 2. The van der Waals surface area contributed by atoms with Crippen LogP contribution in [0.4, 0.5) is 11.5 Å². The van der Waals surface area contributed by atoms with E-state index in [4.69, 9.17) is 27.9 Å². The van der Waals surface area contributed by atoms with Gasteiger partial charge in [0.1, 0.15) is 6.54 Å². The number of hydrogen-bond acceptors (Lipinski definition) is 4. The SMILES string of the molecule is Cc1ccc2c(c1)CCN2C(=O)CN1C(=O)COc2cc(-c3cc(Cl)cc(Cl)c3)cnc21. The van der Waals surface area contributed by atoms with Gasteiger partial charge in [0, 0.05) is 34.0 Å². The summed E-state index contributed by atoms with van der Waals surface area (Å²) in [6.45, 7) is 2.38. The van der Waals surface area contributed by atoms with Crippen LogP contribution in [-0.4, -0.2) is 36.5 Å². The molecule has 0 fully saturated rings. The second-order valence-electron chi connectivity index (χ2n) is 7.90. The molecule has 0 radical (unpaired) electrons. The third-order valence-electron chi connectivity index (χ3n) is 5.66. The summed E-state index contributed by atoms with van der Waals surface area (Å²) in [5, 5.41) is 1.02. The van der Waals surface area contributed by atoms with Gasteiger partial charge >= 0.3 is 0 Å². The van der Waals surface area contributed by atoms with E-state index in [0.717, 1.165) is 34.4 Å². The lowest BCUT2D eigenvalue weighted by Crippen LogP contribution is -2.46. The molecule has 2 aliphatic rings. The van der Waals surface area contributed by atoms with E-state index in [0.29, 0.717) is 28.2 Å². The molecule has 2 aliphatic heterocycles. The van der Waals surface area contributed by atoms with Gasteiger partial charge in [0.25, 0.3) is 5.91 Å². The van der Waals surface area contributed by atoms with E-state index in [1.54, 1.807) is 35.4 Å². The number of fused-ring (bicyclic) bond motifs is 2. The highest BCUT2D eigenvalue weighted by molar-refractivity contribution is 6.35. The number of nitrogens with zero attached hydrogens (tertiary/aromatic N) is 3. The van der Waals surface area contributed by atoms with Gasteiger partial charge in [-0.2, -0.15) is 0 Å². The van der Waals surface area contributed by atoms with E-state index in [1.807, 2.05) is 19.1 Å². The molecule has 5 rings (SSSR count). The Balaban J connectivity index is 1.42. The third-order valence-corrected chi connectivity index (χ3v) is 6.10. The van der Waals surface area contributed by atoms with Crippen LogP contribution in [0, 0.1) is 6.92 Å². The fourth-order valence-electron chi connectivity index (χ4n) is 4.13. The van der Waals surface area contributed by atoms with Gasteiger partial charge in [0.15, 0.2) is 18.2 Å². The van der Waals surface area contributed by atoms with Crippen molar-refractivity contribution in [1.82, 2.24) is 4.98 Å². The first kappa shape index (κ1) is 20.8. The molecule has 0 bridgehead atoms. The van der Waals surface area contributed by atoms with Crippen molar-refractivity contribution in [2.75, 3.05) is 29.5 Å². The highest BCUT2D eigenvalue weighted by Crippen LogP contribution is 2.36. The fraction of sp³-hybridized carbons (Fsp3) is 0.208. The monoisotopic (exact) mass is 467 g/mol. The molecular formula is C24H19Cl2N3O3. The van der Waals surface area contributed by atoms with Crippen LogP contribution in [0.3, 0.4) is 0 Å². The first-order chi connectivity index (χ1) is 15.4. The van der Waals surface area contributed by atoms with Gasteiger partial charge in [0.05, 0.1) is 0 Å². The molecule has 3 heterocycles. The first-order valence-electron chi connectivity index (χ1n) is 10.2. The molecule has 0 atom stereocenters. The van der Waals surface area contributed by atoms with Crippen molar-refractivity contribution in [1.29, 1.82) is 0 Å². The van der Waals surface area contributed by atoms with Crippen molar-refractivity contribution in [3.63, 3.8) is 0 Å². The molecule has 0 saturated carbocycles. The van der Waals surface area contributed by atoms with Gasteiger partial charge in [-0.15, -0.1) is 0 Å². The normalized spacial score (nSPS) is 14.8. The van der Waals surface area contributed by atoms with Crippen LogP contribution in [0.2, 0.25) is 10.0 Å². The Morgan fingerprint density at radius 3 is 2.66 bits per heavy atom. The van der Waals surface area contributed by atoms with Gasteiger partial charge < -0.3 is 9.64 Å².